The molecule has 0 bridgehead atoms. The van der Waals surface area contributed by atoms with Crippen LogP contribution in [0.15, 0.2) is 41.5 Å². The van der Waals surface area contributed by atoms with E-state index in [2.05, 4.69) is 15.8 Å². The van der Waals surface area contributed by atoms with Crippen molar-refractivity contribution in [2.75, 3.05) is 5.32 Å². The second kappa shape index (κ2) is 8.74. The topological polar surface area (TPSA) is 62.7 Å². The Morgan fingerprint density at radius 2 is 1.84 bits per heavy atom. The first kappa shape index (κ1) is 19.1. The molecular weight excluding hydrogens is 361 g/mol. The normalized spacial score (nSPS) is 11.0. The van der Waals surface area contributed by atoms with Gasteiger partial charge in [-0.1, -0.05) is 41.4 Å². The Bertz CT molecular complexity index is 769. The summed E-state index contributed by atoms with van der Waals surface area (Å²) in [6.07, 6.45) is 1.41. The average molecular weight is 380 g/mol. The Morgan fingerprint density at radius 1 is 1.20 bits per heavy atom. The summed E-state index contributed by atoms with van der Waals surface area (Å²) in [5.74, 6) is 0.431. The molecule has 0 saturated carbocycles. The number of rotatable bonds is 5. The highest BCUT2D eigenvalue weighted by Gasteiger charge is 2.10. The summed E-state index contributed by atoms with van der Waals surface area (Å²) in [7, 11) is 0. The van der Waals surface area contributed by atoms with Crippen LogP contribution in [0.5, 0.6) is 5.75 Å². The zero-order valence-corrected chi connectivity index (χ0v) is 15.7. The van der Waals surface area contributed by atoms with Crippen LogP contribution >= 0.6 is 23.2 Å². The van der Waals surface area contributed by atoms with Crippen LogP contribution in [0, 0.1) is 6.92 Å². The number of hydrogen-bond acceptors (Lipinski definition) is 3. The van der Waals surface area contributed by atoms with E-state index in [9.17, 15) is 4.79 Å². The summed E-state index contributed by atoms with van der Waals surface area (Å²) in [6.45, 7) is 5.68. The summed E-state index contributed by atoms with van der Waals surface area (Å²) < 4.78 is 5.56. The summed E-state index contributed by atoms with van der Waals surface area (Å²) in [5.41, 5.74) is 4.71. The van der Waals surface area contributed by atoms with Gasteiger partial charge in [0.25, 0.3) is 0 Å². The Kier molecular flexibility index (Phi) is 6.67. The number of nitrogens with zero attached hydrogens (tertiary/aromatic N) is 1. The van der Waals surface area contributed by atoms with Crippen molar-refractivity contribution in [2.45, 2.75) is 26.9 Å². The van der Waals surface area contributed by atoms with Crippen molar-refractivity contribution < 1.29 is 9.53 Å². The van der Waals surface area contributed by atoms with Crippen molar-refractivity contribution in [2.24, 2.45) is 5.10 Å². The molecule has 0 fully saturated rings. The van der Waals surface area contributed by atoms with Gasteiger partial charge in [-0.15, -0.1) is 0 Å². The molecule has 0 unspecified atom stereocenters. The van der Waals surface area contributed by atoms with E-state index in [1.165, 1.54) is 6.21 Å². The molecule has 132 valence electrons. The molecule has 0 aromatic heterocycles. The van der Waals surface area contributed by atoms with Crippen LogP contribution in [0.3, 0.4) is 0 Å². The number of carbonyl (C=O) groups excluding carboxylic acids is 1. The quantitative estimate of drug-likeness (QED) is 0.550. The highest BCUT2D eigenvalue weighted by molar-refractivity contribution is 6.37. The third-order valence-electron chi connectivity index (χ3n) is 3.15. The van der Waals surface area contributed by atoms with Crippen LogP contribution in [-0.4, -0.2) is 18.3 Å². The molecule has 0 saturated heterocycles. The first-order valence-electron chi connectivity index (χ1n) is 7.68. The van der Waals surface area contributed by atoms with Crippen molar-refractivity contribution in [1.82, 2.24) is 5.43 Å². The van der Waals surface area contributed by atoms with E-state index in [-0.39, 0.29) is 6.10 Å². The number of ether oxygens (including phenoxy) is 1. The van der Waals surface area contributed by atoms with E-state index in [1.807, 2.05) is 45.0 Å². The minimum Gasteiger partial charge on any atom is -0.488 e. The third kappa shape index (κ3) is 5.66. The van der Waals surface area contributed by atoms with E-state index >= 15 is 0 Å². The number of hydrogen-bond donors (Lipinski definition) is 2. The van der Waals surface area contributed by atoms with E-state index < -0.39 is 6.03 Å². The second-order valence-corrected chi connectivity index (χ2v) is 6.43. The van der Waals surface area contributed by atoms with E-state index in [4.69, 9.17) is 27.9 Å². The lowest BCUT2D eigenvalue weighted by molar-refractivity contribution is 0.242. The minimum atomic E-state index is -0.442. The van der Waals surface area contributed by atoms with Gasteiger partial charge in [0.05, 0.1) is 22.4 Å². The van der Waals surface area contributed by atoms with Crippen molar-refractivity contribution in [3.05, 3.63) is 57.6 Å². The first-order chi connectivity index (χ1) is 11.9. The van der Waals surface area contributed by atoms with E-state index in [0.717, 1.165) is 11.3 Å². The number of amides is 2. The highest BCUT2D eigenvalue weighted by Crippen LogP contribution is 2.34. The minimum absolute atomic E-state index is 0.0404. The van der Waals surface area contributed by atoms with E-state index in [1.54, 1.807) is 12.1 Å². The SMILES string of the molecule is Cc1ccccc1NC(=O)N/N=C\c1cc(Cl)c(OC(C)C)c(Cl)c1. The molecule has 2 amide bonds. The zero-order chi connectivity index (χ0) is 18.4. The zero-order valence-electron chi connectivity index (χ0n) is 14.1. The summed E-state index contributed by atoms with van der Waals surface area (Å²) >= 11 is 12.3. The molecule has 7 heteroatoms. The monoisotopic (exact) mass is 379 g/mol. The number of carbonyl (C=O) groups is 1. The van der Waals surface area contributed by atoms with Crippen LogP contribution in [-0.2, 0) is 0 Å². The van der Waals surface area contributed by atoms with Gasteiger partial charge in [0.1, 0.15) is 0 Å². The lowest BCUT2D eigenvalue weighted by atomic mass is 10.2. The lowest BCUT2D eigenvalue weighted by Gasteiger charge is -2.13. The first-order valence-corrected chi connectivity index (χ1v) is 8.44. The smallest absolute Gasteiger partial charge is 0.339 e. The van der Waals surface area contributed by atoms with Gasteiger partial charge in [0.15, 0.2) is 5.75 Å². The molecule has 25 heavy (non-hydrogen) atoms. The number of para-hydroxylation sites is 1. The number of nitrogens with one attached hydrogen (secondary N) is 2. The lowest BCUT2D eigenvalue weighted by Crippen LogP contribution is -2.24. The van der Waals surface area contributed by atoms with Crippen LogP contribution in [0.1, 0.15) is 25.0 Å². The van der Waals surface area contributed by atoms with Crippen LogP contribution in [0.2, 0.25) is 10.0 Å². The Morgan fingerprint density at radius 3 is 2.44 bits per heavy atom. The predicted octanol–water partition coefficient (Wildman–Crippen LogP) is 5.24. The molecule has 5 nitrogen and oxygen atoms in total. The third-order valence-corrected chi connectivity index (χ3v) is 3.71. The number of anilines is 1. The van der Waals surface area contributed by atoms with Crippen molar-refractivity contribution in [3.63, 3.8) is 0 Å². The van der Waals surface area contributed by atoms with Crippen LogP contribution in [0.4, 0.5) is 10.5 Å². The molecule has 2 aromatic carbocycles. The molecule has 0 radical (unpaired) electrons. The second-order valence-electron chi connectivity index (χ2n) is 5.62. The Balaban J connectivity index is 2.00. The summed E-state index contributed by atoms with van der Waals surface area (Å²) in [4.78, 5) is 11.9. The maximum Gasteiger partial charge on any atom is 0.339 e. The maximum absolute atomic E-state index is 11.9. The molecule has 2 rings (SSSR count). The summed E-state index contributed by atoms with van der Waals surface area (Å²) in [5, 5.41) is 7.37. The van der Waals surface area contributed by atoms with Gasteiger partial charge in [0, 0.05) is 5.69 Å². The molecule has 0 aliphatic rings. The Labute approximate surface area is 157 Å². The van der Waals surface area contributed by atoms with Crippen molar-refractivity contribution >= 4 is 41.1 Å². The molecule has 0 aliphatic carbocycles. The fraction of sp³-hybridized carbons (Fsp3) is 0.222. The number of benzene rings is 2. The summed E-state index contributed by atoms with van der Waals surface area (Å²) in [6, 6.07) is 10.3. The van der Waals surface area contributed by atoms with Crippen molar-refractivity contribution in [3.8, 4) is 5.75 Å². The number of halogens is 2. The predicted molar refractivity (Wildman–Crippen MR) is 103 cm³/mol. The molecular formula is C18H19Cl2N3O2. The number of aryl methyl sites for hydroxylation is 1. The van der Waals surface area contributed by atoms with Gasteiger partial charge in [-0.3, -0.25) is 0 Å². The molecule has 0 spiro atoms. The van der Waals surface area contributed by atoms with Gasteiger partial charge in [-0.05, 0) is 50.1 Å². The van der Waals surface area contributed by atoms with Gasteiger partial charge in [0.2, 0.25) is 0 Å². The van der Waals surface area contributed by atoms with Gasteiger partial charge < -0.3 is 10.1 Å². The molecule has 0 heterocycles. The van der Waals surface area contributed by atoms with Gasteiger partial charge in [-0.2, -0.15) is 5.10 Å². The number of hydrazone groups is 1. The largest absolute Gasteiger partial charge is 0.488 e. The van der Waals surface area contributed by atoms with Crippen LogP contribution < -0.4 is 15.5 Å². The molecule has 2 aromatic rings. The molecule has 0 atom stereocenters. The van der Waals surface area contributed by atoms with Crippen molar-refractivity contribution in [1.29, 1.82) is 0 Å². The standard InChI is InChI=1S/C18H19Cl2N3O2/c1-11(2)25-17-14(19)8-13(9-15(17)20)10-21-23-18(24)22-16-7-5-4-6-12(16)3/h4-11H,1-3H3,(H2,22,23,24)/b21-10-. The van der Waals surface area contributed by atoms with E-state index in [0.29, 0.717) is 21.4 Å². The average Bonchev–Trinajstić information content (AvgIpc) is 2.53. The fourth-order valence-electron chi connectivity index (χ4n) is 2.03. The van der Waals surface area contributed by atoms with Gasteiger partial charge in [-0.25, -0.2) is 10.2 Å². The molecule has 0 aliphatic heterocycles. The Hall–Kier alpha value is -2.24. The maximum atomic E-state index is 11.9. The fourth-order valence-corrected chi connectivity index (χ4v) is 2.62. The molecule has 2 N–H and O–H groups in total. The number of urea groups is 1. The van der Waals surface area contributed by atoms with Crippen LogP contribution in [0.25, 0.3) is 0 Å². The van der Waals surface area contributed by atoms with Gasteiger partial charge >= 0.3 is 6.03 Å². The highest BCUT2D eigenvalue weighted by atomic mass is 35.5.